The van der Waals surface area contributed by atoms with Gasteiger partial charge in [0.15, 0.2) is 0 Å². The zero-order valence-corrected chi connectivity index (χ0v) is 12.8. The van der Waals surface area contributed by atoms with Crippen LogP contribution in [-0.4, -0.2) is 36.7 Å². The van der Waals surface area contributed by atoms with Crippen LogP contribution >= 0.6 is 0 Å². The lowest BCUT2D eigenvalue weighted by atomic mass is 9.81. The van der Waals surface area contributed by atoms with Crippen LogP contribution in [0.4, 0.5) is 0 Å². The Morgan fingerprint density at radius 3 is 2.35 bits per heavy atom. The summed E-state index contributed by atoms with van der Waals surface area (Å²) in [5, 5.41) is 12.0. The second kappa shape index (κ2) is 7.62. The number of aliphatic carboxylic acids is 1. The van der Waals surface area contributed by atoms with Gasteiger partial charge < -0.3 is 15.2 Å². The Labute approximate surface area is 121 Å². The largest absolute Gasteiger partial charge is 0.480 e. The first-order valence-electron chi connectivity index (χ1n) is 7.44. The molecule has 1 aliphatic rings. The highest BCUT2D eigenvalue weighted by atomic mass is 16.5. The van der Waals surface area contributed by atoms with E-state index >= 15 is 0 Å². The number of ether oxygens (including phenoxy) is 1. The van der Waals surface area contributed by atoms with Crippen LogP contribution in [0.2, 0.25) is 0 Å². The zero-order chi connectivity index (χ0) is 15.2. The molecule has 1 fully saturated rings. The normalized spacial score (nSPS) is 19.0. The lowest BCUT2D eigenvalue weighted by Crippen LogP contribution is -2.48. The van der Waals surface area contributed by atoms with Gasteiger partial charge in [-0.25, -0.2) is 4.79 Å². The summed E-state index contributed by atoms with van der Waals surface area (Å²) in [4.78, 5) is 23.8. The molecule has 0 aliphatic heterocycles. The topological polar surface area (TPSA) is 75.6 Å². The van der Waals surface area contributed by atoms with Gasteiger partial charge in [0.25, 0.3) is 0 Å². The van der Waals surface area contributed by atoms with E-state index in [0.717, 1.165) is 25.7 Å². The summed E-state index contributed by atoms with van der Waals surface area (Å²) in [7, 11) is 1.62. The van der Waals surface area contributed by atoms with Crippen molar-refractivity contribution in [2.75, 3.05) is 13.7 Å². The number of hydrogen-bond acceptors (Lipinski definition) is 3. The van der Waals surface area contributed by atoms with E-state index in [2.05, 4.69) is 5.32 Å². The molecule has 0 heterocycles. The van der Waals surface area contributed by atoms with Crippen molar-refractivity contribution >= 4 is 11.9 Å². The molecule has 0 radical (unpaired) electrons. The molecule has 1 atom stereocenters. The summed E-state index contributed by atoms with van der Waals surface area (Å²) in [5.41, 5.74) is -0.430. The maximum atomic E-state index is 12.5. The third kappa shape index (κ3) is 4.47. The number of nitrogens with one attached hydrogen (secondary N) is 1. The van der Waals surface area contributed by atoms with Gasteiger partial charge in [-0.15, -0.1) is 0 Å². The minimum atomic E-state index is -0.952. The Morgan fingerprint density at radius 1 is 1.30 bits per heavy atom. The molecule has 0 spiro atoms. The first-order valence-corrected chi connectivity index (χ1v) is 7.44. The van der Waals surface area contributed by atoms with Gasteiger partial charge in [0, 0.05) is 13.7 Å². The molecule has 0 aromatic heterocycles. The first-order chi connectivity index (χ1) is 9.41. The highest BCUT2D eigenvalue weighted by Crippen LogP contribution is 2.41. The van der Waals surface area contributed by atoms with Gasteiger partial charge >= 0.3 is 5.97 Å². The van der Waals surface area contributed by atoms with E-state index in [4.69, 9.17) is 4.74 Å². The average Bonchev–Trinajstić information content (AvgIpc) is 2.84. The quantitative estimate of drug-likeness (QED) is 0.717. The Bertz CT molecular complexity index is 335. The van der Waals surface area contributed by atoms with Gasteiger partial charge in [0.1, 0.15) is 6.04 Å². The fourth-order valence-electron chi connectivity index (χ4n) is 2.94. The van der Waals surface area contributed by atoms with E-state index in [1.54, 1.807) is 7.11 Å². The predicted octanol–water partition coefficient (Wildman–Crippen LogP) is 2.20. The highest BCUT2D eigenvalue weighted by molar-refractivity contribution is 5.87. The molecule has 5 nitrogen and oxygen atoms in total. The van der Waals surface area contributed by atoms with Gasteiger partial charge in [0.2, 0.25) is 5.91 Å². The van der Waals surface area contributed by atoms with Crippen LogP contribution in [0.1, 0.15) is 52.4 Å². The van der Waals surface area contributed by atoms with Crippen molar-refractivity contribution in [1.82, 2.24) is 5.32 Å². The van der Waals surface area contributed by atoms with Crippen LogP contribution in [0.15, 0.2) is 0 Å². The Hall–Kier alpha value is -1.10. The minimum absolute atomic E-state index is 0.111. The van der Waals surface area contributed by atoms with E-state index in [1.165, 1.54) is 0 Å². The van der Waals surface area contributed by atoms with Gasteiger partial charge in [0.05, 0.1) is 5.41 Å². The fourth-order valence-corrected chi connectivity index (χ4v) is 2.94. The highest BCUT2D eigenvalue weighted by Gasteiger charge is 2.41. The summed E-state index contributed by atoms with van der Waals surface area (Å²) in [6, 6.07) is -0.789. The molecule has 1 aliphatic carbocycles. The molecule has 20 heavy (non-hydrogen) atoms. The van der Waals surface area contributed by atoms with Crippen molar-refractivity contribution in [2.45, 2.75) is 58.4 Å². The third-order valence-corrected chi connectivity index (χ3v) is 4.14. The number of methoxy groups -OCH3 is 1. The van der Waals surface area contributed by atoms with E-state index in [1.807, 2.05) is 13.8 Å². The average molecular weight is 285 g/mol. The Kier molecular flexibility index (Phi) is 6.46. The standard InChI is InChI=1S/C15H27NO4/c1-11(2)10-12(13(17)18)16-14(19)15(8-9-20-3)6-4-5-7-15/h11-12H,4-10H2,1-3H3,(H,16,19)(H,17,18)/t12-/m1/s1. The molecule has 1 rings (SSSR count). The fraction of sp³-hybridized carbons (Fsp3) is 0.867. The second-order valence-electron chi connectivity index (χ2n) is 6.22. The number of carbonyl (C=O) groups is 2. The number of carboxylic acid groups (broad SMARTS) is 1. The molecular formula is C15H27NO4. The number of amides is 1. The lowest BCUT2D eigenvalue weighted by molar-refractivity contribution is -0.144. The maximum absolute atomic E-state index is 12.5. The molecule has 0 bridgehead atoms. The molecule has 0 aromatic carbocycles. The monoisotopic (exact) mass is 285 g/mol. The summed E-state index contributed by atoms with van der Waals surface area (Å²) in [6.07, 6.45) is 4.84. The van der Waals surface area contributed by atoms with Gasteiger partial charge in [-0.2, -0.15) is 0 Å². The van der Waals surface area contributed by atoms with Crippen LogP contribution in [0.3, 0.4) is 0 Å². The first kappa shape index (κ1) is 17.0. The van der Waals surface area contributed by atoms with Crippen LogP contribution in [0.25, 0.3) is 0 Å². The summed E-state index contributed by atoms with van der Waals surface area (Å²) < 4.78 is 5.10. The summed E-state index contributed by atoms with van der Waals surface area (Å²) >= 11 is 0. The number of carbonyl (C=O) groups excluding carboxylic acids is 1. The molecule has 1 saturated carbocycles. The Morgan fingerprint density at radius 2 is 1.90 bits per heavy atom. The van der Waals surface area contributed by atoms with Crippen molar-refractivity contribution in [2.24, 2.45) is 11.3 Å². The molecule has 5 heteroatoms. The van der Waals surface area contributed by atoms with Crippen LogP contribution < -0.4 is 5.32 Å². The third-order valence-electron chi connectivity index (χ3n) is 4.14. The van der Waals surface area contributed by atoms with Crippen molar-refractivity contribution in [3.05, 3.63) is 0 Å². The Balaban J connectivity index is 2.71. The van der Waals surface area contributed by atoms with Gasteiger partial charge in [-0.3, -0.25) is 4.79 Å². The van der Waals surface area contributed by atoms with Crippen molar-refractivity contribution in [3.63, 3.8) is 0 Å². The molecule has 0 unspecified atom stereocenters. The van der Waals surface area contributed by atoms with E-state index < -0.39 is 17.4 Å². The number of hydrogen-bond donors (Lipinski definition) is 2. The molecule has 1 amide bonds. The molecule has 116 valence electrons. The van der Waals surface area contributed by atoms with Crippen LogP contribution in [-0.2, 0) is 14.3 Å². The van der Waals surface area contributed by atoms with Crippen molar-refractivity contribution in [3.8, 4) is 0 Å². The van der Waals surface area contributed by atoms with E-state index in [0.29, 0.717) is 19.4 Å². The second-order valence-corrected chi connectivity index (χ2v) is 6.22. The van der Waals surface area contributed by atoms with Crippen molar-refractivity contribution < 1.29 is 19.4 Å². The molecule has 0 saturated heterocycles. The number of rotatable bonds is 8. The summed E-state index contributed by atoms with van der Waals surface area (Å²) in [6.45, 7) is 4.45. The smallest absolute Gasteiger partial charge is 0.326 e. The van der Waals surface area contributed by atoms with E-state index in [-0.39, 0.29) is 11.8 Å². The summed E-state index contributed by atoms with van der Waals surface area (Å²) in [5.74, 6) is -0.832. The van der Waals surface area contributed by atoms with Gasteiger partial charge in [-0.05, 0) is 31.6 Å². The zero-order valence-electron chi connectivity index (χ0n) is 12.8. The minimum Gasteiger partial charge on any atom is -0.480 e. The number of carboxylic acids is 1. The molecule has 2 N–H and O–H groups in total. The SMILES string of the molecule is COCCC1(C(=O)N[C@H](CC(C)C)C(=O)O)CCCC1. The van der Waals surface area contributed by atoms with E-state index in [9.17, 15) is 14.7 Å². The van der Waals surface area contributed by atoms with Crippen LogP contribution in [0, 0.1) is 11.3 Å². The maximum Gasteiger partial charge on any atom is 0.326 e. The molecule has 0 aromatic rings. The van der Waals surface area contributed by atoms with Crippen LogP contribution in [0.5, 0.6) is 0 Å². The molecular weight excluding hydrogens is 258 g/mol. The predicted molar refractivity (Wildman–Crippen MR) is 76.4 cm³/mol. The van der Waals surface area contributed by atoms with Gasteiger partial charge in [-0.1, -0.05) is 26.7 Å². The lowest BCUT2D eigenvalue weighted by Gasteiger charge is -2.29. The van der Waals surface area contributed by atoms with Crippen molar-refractivity contribution in [1.29, 1.82) is 0 Å².